The van der Waals surface area contributed by atoms with Crippen LogP contribution in [-0.2, 0) is 35.3 Å². The van der Waals surface area contributed by atoms with Gasteiger partial charge in [0.25, 0.3) is 0 Å². The highest BCUT2D eigenvalue weighted by Gasteiger charge is 2.36. The van der Waals surface area contributed by atoms with E-state index in [0.29, 0.717) is 12.8 Å². The molecule has 0 aliphatic rings. The highest BCUT2D eigenvalue weighted by Crippen LogP contribution is 2.28. The molecule has 0 aliphatic carbocycles. The fourth-order valence-corrected chi connectivity index (χ4v) is 7.04. The SMILES string of the molecule is CC(C)C[C@@H](C(=O)N[C@H](C)[C@H](C)[C@@H](C)C(=O)N[C@H](C)[C@H](C)[C@@H](CC(C)C)C(=O)OCc1ccccc1)[C@@H](C)[C@@H](C)NC(=O)[C@H](C)[C@@H](C)[C@@H](C)NC(=O)OC(C)(C)C. The predicted octanol–water partition coefficient (Wildman–Crippen LogP) is 8.30. The molecular formula is C46H80N4O7. The van der Waals surface area contributed by atoms with Crippen LogP contribution in [0, 0.1) is 59.2 Å². The molecule has 326 valence electrons. The summed E-state index contributed by atoms with van der Waals surface area (Å²) in [5.74, 6) is -2.42. The molecule has 0 aliphatic heterocycles. The fourth-order valence-electron chi connectivity index (χ4n) is 7.04. The monoisotopic (exact) mass is 801 g/mol. The lowest BCUT2D eigenvalue weighted by Gasteiger charge is -2.34. The molecule has 0 spiro atoms. The normalized spacial score (nSPS) is 18.3. The van der Waals surface area contributed by atoms with Crippen molar-refractivity contribution in [2.75, 3.05) is 0 Å². The van der Waals surface area contributed by atoms with Gasteiger partial charge in [-0.1, -0.05) is 99.6 Å². The van der Waals surface area contributed by atoms with Crippen LogP contribution in [0.25, 0.3) is 0 Å². The highest BCUT2D eigenvalue weighted by atomic mass is 16.6. The van der Waals surface area contributed by atoms with Crippen molar-refractivity contribution in [1.29, 1.82) is 0 Å². The zero-order valence-corrected chi connectivity index (χ0v) is 38.4. The molecule has 1 rings (SSSR count). The van der Waals surface area contributed by atoms with Gasteiger partial charge in [0.1, 0.15) is 12.2 Å². The fraction of sp³-hybridized carbons (Fsp3) is 0.761. The van der Waals surface area contributed by atoms with Gasteiger partial charge in [-0.05, 0) is 102 Å². The third-order valence-corrected chi connectivity index (χ3v) is 12.0. The number of rotatable bonds is 22. The van der Waals surface area contributed by atoms with Crippen LogP contribution in [0.2, 0.25) is 0 Å². The molecule has 0 unspecified atom stereocenters. The second kappa shape index (κ2) is 23.7. The van der Waals surface area contributed by atoms with Crippen molar-refractivity contribution >= 4 is 29.8 Å². The van der Waals surface area contributed by atoms with E-state index >= 15 is 0 Å². The van der Waals surface area contributed by atoms with Crippen LogP contribution in [-0.4, -0.2) is 59.6 Å². The Balaban J connectivity index is 2.91. The van der Waals surface area contributed by atoms with E-state index in [4.69, 9.17) is 9.47 Å². The Morgan fingerprint density at radius 3 is 1.35 bits per heavy atom. The van der Waals surface area contributed by atoms with E-state index in [9.17, 15) is 24.0 Å². The number of nitrogens with one attached hydrogen (secondary N) is 4. The number of carbonyl (C=O) groups is 5. The van der Waals surface area contributed by atoms with Crippen molar-refractivity contribution in [1.82, 2.24) is 21.3 Å². The van der Waals surface area contributed by atoms with E-state index in [-0.39, 0.29) is 102 Å². The van der Waals surface area contributed by atoms with Gasteiger partial charge in [-0.15, -0.1) is 0 Å². The topological polar surface area (TPSA) is 152 Å². The van der Waals surface area contributed by atoms with Gasteiger partial charge in [0.15, 0.2) is 0 Å². The minimum Gasteiger partial charge on any atom is -0.461 e. The first-order valence-corrected chi connectivity index (χ1v) is 21.4. The molecule has 0 saturated carbocycles. The Kier molecular flexibility index (Phi) is 21.4. The third kappa shape index (κ3) is 17.8. The summed E-state index contributed by atoms with van der Waals surface area (Å²) in [4.78, 5) is 66.7. The molecule has 0 saturated heterocycles. The maximum atomic E-state index is 14.0. The van der Waals surface area contributed by atoms with Crippen LogP contribution in [0.3, 0.4) is 0 Å². The van der Waals surface area contributed by atoms with E-state index in [1.807, 2.05) is 99.6 Å². The molecule has 1 aromatic carbocycles. The Morgan fingerprint density at radius 1 is 0.526 bits per heavy atom. The Bertz CT molecular complexity index is 1410. The molecule has 0 heterocycles. The summed E-state index contributed by atoms with van der Waals surface area (Å²) in [7, 11) is 0. The molecule has 0 aromatic heterocycles. The number of benzene rings is 1. The average Bonchev–Trinajstić information content (AvgIpc) is 3.12. The Labute approximate surface area is 345 Å². The quantitative estimate of drug-likeness (QED) is 0.0862. The van der Waals surface area contributed by atoms with Gasteiger partial charge in [-0.25, -0.2) is 4.79 Å². The van der Waals surface area contributed by atoms with Gasteiger partial charge >= 0.3 is 12.1 Å². The predicted molar refractivity (Wildman–Crippen MR) is 229 cm³/mol. The lowest BCUT2D eigenvalue weighted by Crippen LogP contribution is -2.51. The van der Waals surface area contributed by atoms with Crippen molar-refractivity contribution in [3.63, 3.8) is 0 Å². The number of hydrogen-bond donors (Lipinski definition) is 4. The summed E-state index contributed by atoms with van der Waals surface area (Å²) in [6.45, 7) is 33.2. The largest absolute Gasteiger partial charge is 0.461 e. The number of esters is 1. The van der Waals surface area contributed by atoms with Crippen molar-refractivity contribution in [3.8, 4) is 0 Å². The molecule has 11 heteroatoms. The lowest BCUT2D eigenvalue weighted by atomic mass is 9.80. The van der Waals surface area contributed by atoms with Crippen LogP contribution in [0.15, 0.2) is 30.3 Å². The van der Waals surface area contributed by atoms with Crippen molar-refractivity contribution in [2.24, 2.45) is 59.2 Å². The summed E-state index contributed by atoms with van der Waals surface area (Å²) in [5.41, 5.74) is 0.302. The van der Waals surface area contributed by atoms with Crippen LogP contribution in [0.5, 0.6) is 0 Å². The Hall–Kier alpha value is -3.63. The summed E-state index contributed by atoms with van der Waals surface area (Å²) in [6, 6.07) is 8.41. The minimum atomic E-state index is -0.624. The molecule has 11 nitrogen and oxygen atoms in total. The maximum absolute atomic E-state index is 14.0. The third-order valence-electron chi connectivity index (χ3n) is 12.0. The van der Waals surface area contributed by atoms with Crippen molar-refractivity contribution in [2.45, 2.75) is 167 Å². The number of alkyl carbamates (subject to hydrolysis) is 1. The number of ether oxygens (including phenoxy) is 2. The summed E-state index contributed by atoms with van der Waals surface area (Å²) < 4.78 is 11.1. The smallest absolute Gasteiger partial charge is 0.407 e. The van der Waals surface area contributed by atoms with E-state index < -0.39 is 23.5 Å². The first kappa shape index (κ1) is 51.4. The van der Waals surface area contributed by atoms with Gasteiger partial charge in [-0.2, -0.15) is 0 Å². The van der Waals surface area contributed by atoms with Crippen LogP contribution in [0.4, 0.5) is 4.79 Å². The van der Waals surface area contributed by atoms with Crippen molar-refractivity contribution < 1.29 is 33.4 Å². The van der Waals surface area contributed by atoms with E-state index in [2.05, 4.69) is 49.0 Å². The molecule has 0 fully saturated rings. The molecule has 0 radical (unpaired) electrons. The average molecular weight is 801 g/mol. The van der Waals surface area contributed by atoms with Crippen molar-refractivity contribution in [3.05, 3.63) is 35.9 Å². The second-order valence-corrected chi connectivity index (χ2v) is 18.9. The molecule has 1 aromatic rings. The lowest BCUT2D eigenvalue weighted by molar-refractivity contribution is -0.153. The van der Waals surface area contributed by atoms with Gasteiger partial charge in [-0.3, -0.25) is 19.2 Å². The van der Waals surface area contributed by atoms with E-state index in [1.54, 1.807) is 20.8 Å². The van der Waals surface area contributed by atoms with Crippen LogP contribution in [0.1, 0.15) is 136 Å². The van der Waals surface area contributed by atoms with Gasteiger partial charge in [0.2, 0.25) is 17.7 Å². The number of carbonyl (C=O) groups excluding carboxylic acids is 5. The molecule has 12 atom stereocenters. The maximum Gasteiger partial charge on any atom is 0.407 e. The zero-order valence-electron chi connectivity index (χ0n) is 38.4. The molecule has 0 bridgehead atoms. The summed E-state index contributed by atoms with van der Waals surface area (Å²) in [6.07, 6.45) is 0.756. The van der Waals surface area contributed by atoms with Gasteiger partial charge < -0.3 is 30.7 Å². The molecule has 4 N–H and O–H groups in total. The van der Waals surface area contributed by atoms with Gasteiger partial charge in [0.05, 0.1) is 5.92 Å². The van der Waals surface area contributed by atoms with Crippen LogP contribution >= 0.6 is 0 Å². The summed E-state index contributed by atoms with van der Waals surface area (Å²) in [5, 5.41) is 12.4. The zero-order chi connectivity index (χ0) is 43.9. The number of hydrogen-bond acceptors (Lipinski definition) is 7. The minimum absolute atomic E-state index is 0.103. The van der Waals surface area contributed by atoms with E-state index in [1.165, 1.54) is 0 Å². The first-order chi connectivity index (χ1) is 26.3. The van der Waals surface area contributed by atoms with Crippen LogP contribution < -0.4 is 21.3 Å². The Morgan fingerprint density at radius 2 is 0.912 bits per heavy atom. The summed E-state index contributed by atoms with van der Waals surface area (Å²) >= 11 is 0. The molecular weight excluding hydrogens is 721 g/mol. The standard InChI is InChI=1S/C46H80N4O7/c1-26(2)23-39(32(9)36(13)47-42(52)31(8)29(6)35(12)50-45(55)57-46(15,16)17)43(53)49-34(11)28(5)30(7)41(51)48-37(14)33(10)40(24-27(3)4)44(54)56-25-38-21-19-18-20-22-38/h18-22,26-37,39-40H,23-25H2,1-17H3,(H,47,52)(H,48,51)(H,49,53)(H,50,55)/t28-,29-,30-,31-,32+,33+,34-,35-,36-,37-,39-,40-/m1/s1. The first-order valence-electron chi connectivity index (χ1n) is 21.4. The highest BCUT2D eigenvalue weighted by molar-refractivity contribution is 5.82. The second-order valence-electron chi connectivity index (χ2n) is 18.9. The van der Waals surface area contributed by atoms with E-state index in [0.717, 1.165) is 5.56 Å². The molecule has 4 amide bonds. The molecule has 57 heavy (non-hydrogen) atoms. The van der Waals surface area contributed by atoms with Gasteiger partial charge in [0, 0.05) is 41.9 Å². The number of amides is 4.